The largest absolute Gasteiger partial charge is 0.379 e. The molecule has 1 aromatic carbocycles. The van der Waals surface area contributed by atoms with Gasteiger partial charge in [0.1, 0.15) is 6.23 Å². The molecule has 1 N–H and O–H groups in total. The van der Waals surface area contributed by atoms with Crippen molar-refractivity contribution in [1.29, 1.82) is 0 Å². The van der Waals surface area contributed by atoms with Crippen LogP contribution in [0.2, 0.25) is 0 Å². The van der Waals surface area contributed by atoms with Crippen molar-refractivity contribution in [3.8, 4) is 0 Å². The Kier molecular flexibility index (Phi) is 3.72. The van der Waals surface area contributed by atoms with Gasteiger partial charge in [0.2, 0.25) is 0 Å². The maximum atomic E-state index is 10.00. The van der Waals surface area contributed by atoms with E-state index in [1.165, 1.54) is 5.56 Å². The summed E-state index contributed by atoms with van der Waals surface area (Å²) in [5, 5.41) is 10.00. The van der Waals surface area contributed by atoms with Crippen molar-refractivity contribution in [3.05, 3.63) is 35.9 Å². The first-order valence-corrected chi connectivity index (χ1v) is 5.40. The maximum absolute atomic E-state index is 10.00. The summed E-state index contributed by atoms with van der Waals surface area (Å²) in [6.07, 6.45) is 0.317. The van der Waals surface area contributed by atoms with Crippen LogP contribution in [0.25, 0.3) is 0 Å². The van der Waals surface area contributed by atoms with Crippen molar-refractivity contribution >= 4 is 0 Å². The molecule has 1 unspecified atom stereocenters. The minimum atomic E-state index is -0.378. The van der Waals surface area contributed by atoms with Gasteiger partial charge >= 0.3 is 0 Å². The summed E-state index contributed by atoms with van der Waals surface area (Å²) in [6, 6.07) is 10.1. The molecule has 1 aliphatic rings. The third kappa shape index (κ3) is 3.02. The van der Waals surface area contributed by atoms with E-state index >= 15 is 0 Å². The Balaban J connectivity index is 1.88. The van der Waals surface area contributed by atoms with Gasteiger partial charge in [-0.3, -0.25) is 4.90 Å². The van der Waals surface area contributed by atoms with Crippen molar-refractivity contribution in [2.45, 2.75) is 12.6 Å². The minimum Gasteiger partial charge on any atom is -0.379 e. The second kappa shape index (κ2) is 5.26. The predicted octanol–water partition coefficient (Wildman–Crippen LogP) is 0.880. The number of ether oxygens (including phenoxy) is 1. The van der Waals surface area contributed by atoms with Gasteiger partial charge in [-0.1, -0.05) is 30.3 Å². The van der Waals surface area contributed by atoms with Crippen LogP contribution in [-0.2, 0) is 11.2 Å². The van der Waals surface area contributed by atoms with Crippen molar-refractivity contribution in [2.24, 2.45) is 0 Å². The van der Waals surface area contributed by atoms with E-state index < -0.39 is 0 Å². The van der Waals surface area contributed by atoms with Crippen LogP contribution in [0.1, 0.15) is 5.56 Å². The molecule has 1 atom stereocenters. The highest BCUT2D eigenvalue weighted by atomic mass is 16.5. The summed E-state index contributed by atoms with van der Waals surface area (Å²) >= 11 is 0. The highest BCUT2D eigenvalue weighted by Crippen LogP contribution is 2.08. The van der Waals surface area contributed by atoms with Gasteiger partial charge in [-0.25, -0.2) is 0 Å². The molecule has 0 saturated carbocycles. The average Bonchev–Trinajstić information content (AvgIpc) is 2.31. The van der Waals surface area contributed by atoms with Gasteiger partial charge in [-0.2, -0.15) is 0 Å². The first kappa shape index (κ1) is 10.6. The Morgan fingerprint density at radius 1 is 1.20 bits per heavy atom. The molecule has 0 bridgehead atoms. The average molecular weight is 207 g/mol. The lowest BCUT2D eigenvalue weighted by atomic mass is 10.1. The Hall–Kier alpha value is -0.900. The SMILES string of the molecule is OC(Cc1ccccc1)N1CCOCC1. The van der Waals surface area contributed by atoms with E-state index in [4.69, 9.17) is 4.74 Å². The Morgan fingerprint density at radius 3 is 2.53 bits per heavy atom. The number of rotatable bonds is 3. The van der Waals surface area contributed by atoms with Crippen LogP contribution in [0.3, 0.4) is 0 Å². The van der Waals surface area contributed by atoms with E-state index in [2.05, 4.69) is 4.90 Å². The molecular formula is C12H17NO2. The molecule has 0 radical (unpaired) electrons. The Bertz CT molecular complexity index is 283. The van der Waals surface area contributed by atoms with Crippen LogP contribution in [0.15, 0.2) is 30.3 Å². The fraction of sp³-hybridized carbons (Fsp3) is 0.500. The Labute approximate surface area is 90.3 Å². The van der Waals surface area contributed by atoms with Gasteiger partial charge in [-0.05, 0) is 5.56 Å². The molecule has 15 heavy (non-hydrogen) atoms. The number of benzene rings is 1. The summed E-state index contributed by atoms with van der Waals surface area (Å²) in [6.45, 7) is 3.11. The summed E-state index contributed by atoms with van der Waals surface area (Å²) in [7, 11) is 0. The molecule has 0 spiro atoms. The van der Waals surface area contributed by atoms with Crippen molar-refractivity contribution in [1.82, 2.24) is 4.90 Å². The lowest BCUT2D eigenvalue weighted by Gasteiger charge is -2.31. The summed E-state index contributed by atoms with van der Waals surface area (Å²) in [5.41, 5.74) is 1.18. The zero-order chi connectivity index (χ0) is 10.5. The number of aliphatic hydroxyl groups excluding tert-OH is 1. The number of nitrogens with zero attached hydrogens (tertiary/aromatic N) is 1. The van der Waals surface area contributed by atoms with Gasteiger partial charge in [0, 0.05) is 19.5 Å². The summed E-state index contributed by atoms with van der Waals surface area (Å²) in [5.74, 6) is 0. The highest BCUT2D eigenvalue weighted by molar-refractivity contribution is 5.15. The van der Waals surface area contributed by atoms with Crippen molar-refractivity contribution in [3.63, 3.8) is 0 Å². The smallest absolute Gasteiger partial charge is 0.111 e. The fourth-order valence-electron chi connectivity index (χ4n) is 1.83. The molecule has 1 aliphatic heterocycles. The summed E-state index contributed by atoms with van der Waals surface area (Å²) in [4.78, 5) is 2.07. The fourth-order valence-corrected chi connectivity index (χ4v) is 1.83. The van der Waals surface area contributed by atoms with Gasteiger partial charge in [0.15, 0.2) is 0 Å². The van der Waals surface area contributed by atoms with E-state index in [9.17, 15) is 5.11 Å². The standard InChI is InChI=1S/C12H17NO2/c14-12(13-6-8-15-9-7-13)10-11-4-2-1-3-5-11/h1-5,12,14H,6-10H2. The van der Waals surface area contributed by atoms with E-state index in [1.807, 2.05) is 30.3 Å². The zero-order valence-corrected chi connectivity index (χ0v) is 8.80. The molecule has 3 heteroatoms. The van der Waals surface area contributed by atoms with Crippen molar-refractivity contribution in [2.75, 3.05) is 26.3 Å². The van der Waals surface area contributed by atoms with Gasteiger partial charge in [-0.15, -0.1) is 0 Å². The number of hydrogen-bond acceptors (Lipinski definition) is 3. The van der Waals surface area contributed by atoms with Gasteiger partial charge in [0.05, 0.1) is 13.2 Å². The quantitative estimate of drug-likeness (QED) is 0.798. The van der Waals surface area contributed by atoms with Crippen LogP contribution in [0.5, 0.6) is 0 Å². The molecule has 2 rings (SSSR count). The number of morpholine rings is 1. The second-order valence-electron chi connectivity index (χ2n) is 3.82. The first-order chi connectivity index (χ1) is 7.36. The second-order valence-corrected chi connectivity index (χ2v) is 3.82. The zero-order valence-electron chi connectivity index (χ0n) is 8.80. The van der Waals surface area contributed by atoms with E-state index in [-0.39, 0.29) is 6.23 Å². The molecular weight excluding hydrogens is 190 g/mol. The molecule has 1 aromatic rings. The van der Waals surface area contributed by atoms with Crippen LogP contribution >= 0.6 is 0 Å². The molecule has 0 amide bonds. The van der Waals surface area contributed by atoms with Crippen LogP contribution in [0.4, 0.5) is 0 Å². The van der Waals surface area contributed by atoms with Crippen molar-refractivity contribution < 1.29 is 9.84 Å². The van der Waals surface area contributed by atoms with Crippen LogP contribution < -0.4 is 0 Å². The maximum Gasteiger partial charge on any atom is 0.111 e. The third-order valence-electron chi connectivity index (χ3n) is 2.73. The molecule has 1 heterocycles. The predicted molar refractivity (Wildman–Crippen MR) is 58.5 cm³/mol. The van der Waals surface area contributed by atoms with Gasteiger partial charge < -0.3 is 9.84 Å². The Morgan fingerprint density at radius 2 is 1.87 bits per heavy atom. The summed E-state index contributed by atoms with van der Waals surface area (Å²) < 4.78 is 5.25. The minimum absolute atomic E-state index is 0.378. The van der Waals surface area contributed by atoms with Crippen LogP contribution in [-0.4, -0.2) is 42.5 Å². The first-order valence-electron chi connectivity index (χ1n) is 5.40. The highest BCUT2D eigenvalue weighted by Gasteiger charge is 2.18. The number of aliphatic hydroxyl groups is 1. The molecule has 3 nitrogen and oxygen atoms in total. The van der Waals surface area contributed by atoms with E-state index in [1.54, 1.807) is 0 Å². The molecule has 1 saturated heterocycles. The number of hydrogen-bond donors (Lipinski definition) is 1. The lowest BCUT2D eigenvalue weighted by molar-refractivity contribution is -0.0575. The van der Waals surface area contributed by atoms with Crippen LogP contribution in [0, 0.1) is 0 Å². The molecule has 82 valence electrons. The molecule has 0 aliphatic carbocycles. The van der Waals surface area contributed by atoms with Gasteiger partial charge in [0.25, 0.3) is 0 Å². The monoisotopic (exact) mass is 207 g/mol. The topological polar surface area (TPSA) is 32.7 Å². The molecule has 0 aromatic heterocycles. The van der Waals surface area contributed by atoms with E-state index in [0.717, 1.165) is 26.3 Å². The lowest BCUT2D eigenvalue weighted by Crippen LogP contribution is -2.44. The van der Waals surface area contributed by atoms with E-state index in [0.29, 0.717) is 6.42 Å². The normalized spacial score (nSPS) is 20.1. The molecule has 1 fully saturated rings. The third-order valence-corrected chi connectivity index (χ3v) is 2.73.